The molecule has 1 aromatic carbocycles. The van der Waals surface area contributed by atoms with Crippen LogP contribution in [-0.4, -0.2) is 59.9 Å². The Morgan fingerprint density at radius 1 is 1.23 bits per heavy atom. The Morgan fingerprint density at radius 3 is 2.62 bits per heavy atom. The van der Waals surface area contributed by atoms with Crippen LogP contribution in [-0.2, 0) is 0 Å². The molecule has 0 radical (unpaired) electrons. The number of anilines is 2. The Morgan fingerprint density at radius 2 is 1.96 bits per heavy atom. The Bertz CT molecular complexity index is 793. The summed E-state index contributed by atoms with van der Waals surface area (Å²) in [6.45, 7) is 6.80. The number of rotatable bonds is 6. The largest absolute Gasteiger partial charge is 0.383 e. The number of carbonyl (C=O) groups is 1. The van der Waals surface area contributed by atoms with Crippen LogP contribution in [0.1, 0.15) is 22.8 Å². The minimum atomic E-state index is -0.00297. The van der Waals surface area contributed by atoms with Crippen LogP contribution in [0.3, 0.4) is 0 Å². The molecule has 0 atom stereocenters. The Hall–Kier alpha value is -2.98. The van der Waals surface area contributed by atoms with Crippen LogP contribution in [0.25, 0.3) is 0 Å². The number of piperazine rings is 1. The molecule has 1 aliphatic heterocycles. The van der Waals surface area contributed by atoms with E-state index in [0.29, 0.717) is 11.1 Å². The van der Waals surface area contributed by atoms with Gasteiger partial charge in [0, 0.05) is 57.2 Å². The summed E-state index contributed by atoms with van der Waals surface area (Å²) in [5.74, 6) is 0.779. The highest BCUT2D eigenvalue weighted by molar-refractivity contribution is 5.95. The number of nitrogens with one attached hydrogen (secondary N) is 1. The molecule has 1 aromatic heterocycles. The maximum atomic E-state index is 11.5. The lowest BCUT2D eigenvalue weighted by molar-refractivity contribution is 0.101. The number of nitriles is 1. The van der Waals surface area contributed by atoms with Crippen molar-refractivity contribution >= 4 is 17.4 Å². The minimum absolute atomic E-state index is 0.00297. The summed E-state index contributed by atoms with van der Waals surface area (Å²) in [5.41, 5.74) is 1.89. The SMILES string of the molecule is CC(=O)c1ccc(C#N)c(NCCN2CCN(c3ncccn3)CC2)c1. The predicted molar refractivity (Wildman–Crippen MR) is 100 cm³/mol. The lowest BCUT2D eigenvalue weighted by Crippen LogP contribution is -2.48. The van der Waals surface area contributed by atoms with E-state index in [4.69, 9.17) is 0 Å². The first-order valence-electron chi connectivity index (χ1n) is 8.70. The van der Waals surface area contributed by atoms with Crippen molar-refractivity contribution in [3.8, 4) is 6.07 Å². The van der Waals surface area contributed by atoms with Gasteiger partial charge in [0.15, 0.2) is 5.78 Å². The second kappa shape index (κ2) is 8.41. The number of nitrogens with zero attached hydrogens (tertiary/aromatic N) is 5. The number of aromatic nitrogens is 2. The van der Waals surface area contributed by atoms with Crippen molar-refractivity contribution in [2.45, 2.75) is 6.92 Å². The van der Waals surface area contributed by atoms with Gasteiger partial charge in [-0.3, -0.25) is 9.69 Å². The van der Waals surface area contributed by atoms with Crippen LogP contribution in [0.15, 0.2) is 36.7 Å². The number of benzene rings is 1. The maximum Gasteiger partial charge on any atom is 0.225 e. The zero-order chi connectivity index (χ0) is 18.4. The molecule has 0 bridgehead atoms. The lowest BCUT2D eigenvalue weighted by Gasteiger charge is -2.34. The van der Waals surface area contributed by atoms with E-state index in [1.807, 2.05) is 6.07 Å². The molecule has 1 saturated heterocycles. The fourth-order valence-corrected chi connectivity index (χ4v) is 2.98. The predicted octanol–water partition coefficient (Wildman–Crippen LogP) is 1.78. The fraction of sp³-hybridized carbons (Fsp3) is 0.368. The Balaban J connectivity index is 1.50. The molecule has 1 N–H and O–H groups in total. The molecule has 7 nitrogen and oxygen atoms in total. The van der Waals surface area contributed by atoms with Crippen LogP contribution in [0.2, 0.25) is 0 Å². The van der Waals surface area contributed by atoms with Crippen molar-refractivity contribution in [3.63, 3.8) is 0 Å². The van der Waals surface area contributed by atoms with Gasteiger partial charge in [-0.25, -0.2) is 9.97 Å². The van der Waals surface area contributed by atoms with Gasteiger partial charge in [0.05, 0.1) is 11.3 Å². The number of ketones is 1. The molecule has 0 saturated carbocycles. The van der Waals surface area contributed by atoms with Gasteiger partial charge >= 0.3 is 0 Å². The van der Waals surface area contributed by atoms with Crippen molar-refractivity contribution in [2.24, 2.45) is 0 Å². The molecule has 3 rings (SSSR count). The molecule has 2 heterocycles. The van der Waals surface area contributed by atoms with Gasteiger partial charge in [0.25, 0.3) is 0 Å². The molecule has 7 heteroatoms. The van der Waals surface area contributed by atoms with Crippen LogP contribution < -0.4 is 10.2 Å². The van der Waals surface area contributed by atoms with Gasteiger partial charge in [-0.1, -0.05) is 0 Å². The molecule has 26 heavy (non-hydrogen) atoms. The first-order valence-corrected chi connectivity index (χ1v) is 8.70. The van der Waals surface area contributed by atoms with Crippen LogP contribution in [0, 0.1) is 11.3 Å². The number of carbonyl (C=O) groups excluding carboxylic acids is 1. The quantitative estimate of drug-likeness (QED) is 0.795. The summed E-state index contributed by atoms with van der Waals surface area (Å²) in [5, 5.41) is 12.5. The van der Waals surface area contributed by atoms with Gasteiger partial charge in [-0.15, -0.1) is 0 Å². The summed E-state index contributed by atoms with van der Waals surface area (Å²) >= 11 is 0. The molecule has 2 aromatic rings. The van der Waals surface area contributed by atoms with E-state index in [2.05, 4.69) is 31.2 Å². The van der Waals surface area contributed by atoms with E-state index in [1.54, 1.807) is 30.6 Å². The highest BCUT2D eigenvalue weighted by Gasteiger charge is 2.18. The summed E-state index contributed by atoms with van der Waals surface area (Å²) in [7, 11) is 0. The summed E-state index contributed by atoms with van der Waals surface area (Å²) in [6.07, 6.45) is 3.53. The first kappa shape index (κ1) is 17.8. The lowest BCUT2D eigenvalue weighted by atomic mass is 10.1. The van der Waals surface area contributed by atoms with Gasteiger partial charge in [-0.05, 0) is 31.2 Å². The van der Waals surface area contributed by atoms with Gasteiger partial charge in [0.2, 0.25) is 5.95 Å². The number of hydrogen-bond acceptors (Lipinski definition) is 7. The molecule has 1 aliphatic rings. The van der Waals surface area contributed by atoms with Crippen molar-refractivity contribution in [3.05, 3.63) is 47.8 Å². The number of hydrogen-bond donors (Lipinski definition) is 1. The van der Waals surface area contributed by atoms with E-state index in [9.17, 15) is 10.1 Å². The molecule has 0 unspecified atom stereocenters. The average Bonchev–Trinajstić information content (AvgIpc) is 2.69. The van der Waals surface area contributed by atoms with Crippen molar-refractivity contribution in [1.29, 1.82) is 5.26 Å². The Labute approximate surface area is 153 Å². The summed E-state index contributed by atoms with van der Waals surface area (Å²) < 4.78 is 0. The molecule has 134 valence electrons. The molecule has 0 aliphatic carbocycles. The van der Waals surface area contributed by atoms with Crippen LogP contribution in [0.4, 0.5) is 11.6 Å². The van der Waals surface area contributed by atoms with E-state index < -0.39 is 0 Å². The second-order valence-electron chi connectivity index (χ2n) is 6.23. The van der Waals surface area contributed by atoms with E-state index in [0.717, 1.165) is 50.9 Å². The third-order valence-corrected chi connectivity index (χ3v) is 4.50. The van der Waals surface area contributed by atoms with Crippen molar-refractivity contribution in [1.82, 2.24) is 14.9 Å². The third kappa shape index (κ3) is 4.35. The molecular formula is C19H22N6O. The Kier molecular flexibility index (Phi) is 5.77. The normalized spacial score (nSPS) is 14.7. The number of Topliss-reactive ketones (excluding diaryl/α,β-unsaturated/α-hetero) is 1. The second-order valence-corrected chi connectivity index (χ2v) is 6.23. The van der Waals surface area contributed by atoms with Crippen LogP contribution in [0.5, 0.6) is 0 Å². The summed E-state index contributed by atoms with van der Waals surface area (Å²) in [4.78, 5) is 24.7. The molecular weight excluding hydrogens is 328 g/mol. The van der Waals surface area contributed by atoms with E-state index in [-0.39, 0.29) is 5.78 Å². The molecule has 0 spiro atoms. The van der Waals surface area contributed by atoms with Gasteiger partial charge in [0.1, 0.15) is 6.07 Å². The standard InChI is InChI=1S/C19H22N6O/c1-15(26)16-3-4-17(14-20)18(13-16)21-7-8-24-9-11-25(12-10-24)19-22-5-2-6-23-19/h2-6,13,21H,7-12H2,1H3. The van der Waals surface area contributed by atoms with Gasteiger partial charge < -0.3 is 10.2 Å². The average molecular weight is 350 g/mol. The summed E-state index contributed by atoms with van der Waals surface area (Å²) in [6, 6.07) is 9.13. The van der Waals surface area contributed by atoms with Crippen molar-refractivity contribution < 1.29 is 4.79 Å². The molecule has 1 fully saturated rings. The highest BCUT2D eigenvalue weighted by atomic mass is 16.1. The fourth-order valence-electron chi connectivity index (χ4n) is 2.98. The zero-order valence-corrected chi connectivity index (χ0v) is 14.9. The van der Waals surface area contributed by atoms with Crippen LogP contribution >= 0.6 is 0 Å². The first-order chi connectivity index (χ1) is 12.7. The van der Waals surface area contributed by atoms with Crippen molar-refractivity contribution in [2.75, 3.05) is 49.5 Å². The van der Waals surface area contributed by atoms with E-state index >= 15 is 0 Å². The third-order valence-electron chi connectivity index (χ3n) is 4.50. The highest BCUT2D eigenvalue weighted by Crippen LogP contribution is 2.17. The van der Waals surface area contributed by atoms with E-state index in [1.165, 1.54) is 6.92 Å². The maximum absolute atomic E-state index is 11.5. The smallest absolute Gasteiger partial charge is 0.225 e. The molecule has 0 amide bonds. The van der Waals surface area contributed by atoms with Gasteiger partial charge in [-0.2, -0.15) is 5.26 Å². The minimum Gasteiger partial charge on any atom is -0.383 e. The zero-order valence-electron chi connectivity index (χ0n) is 14.9. The topological polar surface area (TPSA) is 85.2 Å². The monoisotopic (exact) mass is 350 g/mol.